The van der Waals surface area contributed by atoms with E-state index in [2.05, 4.69) is 5.32 Å². The lowest BCUT2D eigenvalue weighted by Gasteiger charge is -2.20. The number of rotatable bonds is 8. The SMILES string of the molecule is CCN(CCOC)C(=O)CNC(=O)/C=C/c1ccc(C(F)(F)F)cc1. The summed E-state index contributed by atoms with van der Waals surface area (Å²) in [6.07, 6.45) is -1.85. The molecule has 0 atom stereocenters. The number of nitrogens with zero attached hydrogens (tertiary/aromatic N) is 1. The summed E-state index contributed by atoms with van der Waals surface area (Å²) in [7, 11) is 1.53. The molecule has 0 heterocycles. The molecule has 25 heavy (non-hydrogen) atoms. The standard InChI is InChI=1S/C17H21F3N2O3/c1-3-22(10-11-25-2)16(24)12-21-15(23)9-6-13-4-7-14(8-5-13)17(18,19)20/h4-9H,3,10-12H2,1-2H3,(H,21,23)/b9-6+. The molecule has 0 aliphatic heterocycles. The van der Waals surface area contributed by atoms with Gasteiger partial charge in [-0.1, -0.05) is 12.1 Å². The summed E-state index contributed by atoms with van der Waals surface area (Å²) < 4.78 is 42.3. The molecule has 0 saturated heterocycles. The number of halogens is 3. The fourth-order valence-corrected chi connectivity index (χ4v) is 1.95. The number of amides is 2. The van der Waals surface area contributed by atoms with Crippen molar-refractivity contribution in [1.82, 2.24) is 10.2 Å². The zero-order valence-electron chi connectivity index (χ0n) is 14.1. The highest BCUT2D eigenvalue weighted by molar-refractivity contribution is 5.94. The van der Waals surface area contributed by atoms with Gasteiger partial charge in [0.05, 0.1) is 18.7 Å². The second-order valence-corrected chi connectivity index (χ2v) is 5.14. The molecule has 8 heteroatoms. The Morgan fingerprint density at radius 1 is 1.24 bits per heavy atom. The maximum absolute atomic E-state index is 12.5. The lowest BCUT2D eigenvalue weighted by Crippen LogP contribution is -2.41. The number of hydrogen-bond donors (Lipinski definition) is 1. The van der Waals surface area contributed by atoms with Crippen LogP contribution in [0.4, 0.5) is 13.2 Å². The van der Waals surface area contributed by atoms with Gasteiger partial charge in [-0.15, -0.1) is 0 Å². The summed E-state index contributed by atoms with van der Waals surface area (Å²) in [5.41, 5.74) is -0.305. The zero-order valence-corrected chi connectivity index (χ0v) is 14.1. The Bertz CT molecular complexity index is 598. The maximum atomic E-state index is 12.5. The van der Waals surface area contributed by atoms with E-state index in [1.807, 2.05) is 6.92 Å². The molecule has 0 fully saturated rings. The van der Waals surface area contributed by atoms with Gasteiger partial charge >= 0.3 is 6.18 Å². The summed E-state index contributed by atoms with van der Waals surface area (Å²) in [6, 6.07) is 4.41. The molecule has 0 bridgehead atoms. The van der Waals surface area contributed by atoms with E-state index >= 15 is 0 Å². The summed E-state index contributed by atoms with van der Waals surface area (Å²) in [5, 5.41) is 2.44. The highest BCUT2D eigenvalue weighted by Gasteiger charge is 2.29. The second kappa shape index (κ2) is 9.83. The summed E-state index contributed by atoms with van der Waals surface area (Å²) >= 11 is 0. The molecule has 0 spiro atoms. The molecule has 2 amide bonds. The molecule has 0 aromatic heterocycles. The average molecular weight is 358 g/mol. The molecule has 0 aliphatic rings. The van der Waals surface area contributed by atoms with E-state index < -0.39 is 17.6 Å². The van der Waals surface area contributed by atoms with E-state index in [9.17, 15) is 22.8 Å². The molecule has 1 aromatic carbocycles. The lowest BCUT2D eigenvalue weighted by atomic mass is 10.1. The first-order valence-corrected chi connectivity index (χ1v) is 7.67. The van der Waals surface area contributed by atoms with Gasteiger partial charge in [0.25, 0.3) is 0 Å². The van der Waals surface area contributed by atoms with Crippen molar-refractivity contribution in [2.45, 2.75) is 13.1 Å². The highest BCUT2D eigenvalue weighted by Crippen LogP contribution is 2.29. The van der Waals surface area contributed by atoms with Crippen molar-refractivity contribution in [3.63, 3.8) is 0 Å². The Morgan fingerprint density at radius 3 is 2.40 bits per heavy atom. The van der Waals surface area contributed by atoms with Crippen LogP contribution in [0.1, 0.15) is 18.1 Å². The molecule has 0 aliphatic carbocycles. The second-order valence-electron chi connectivity index (χ2n) is 5.14. The van der Waals surface area contributed by atoms with Crippen LogP contribution in [-0.2, 0) is 20.5 Å². The van der Waals surface area contributed by atoms with Crippen LogP contribution in [0.25, 0.3) is 6.08 Å². The predicted octanol–water partition coefficient (Wildman–Crippen LogP) is 2.33. The number of benzene rings is 1. The highest BCUT2D eigenvalue weighted by atomic mass is 19.4. The van der Waals surface area contributed by atoms with Gasteiger partial charge in [-0.25, -0.2) is 0 Å². The van der Waals surface area contributed by atoms with Gasteiger partial charge in [0, 0.05) is 26.3 Å². The first kappa shape index (κ1) is 20.7. The van der Waals surface area contributed by atoms with E-state index in [1.165, 1.54) is 31.4 Å². The topological polar surface area (TPSA) is 58.6 Å². The van der Waals surface area contributed by atoms with Gasteiger partial charge in [0.15, 0.2) is 0 Å². The van der Waals surface area contributed by atoms with Crippen molar-refractivity contribution in [2.24, 2.45) is 0 Å². The van der Waals surface area contributed by atoms with Gasteiger partial charge in [-0.05, 0) is 30.7 Å². The smallest absolute Gasteiger partial charge is 0.383 e. The van der Waals surface area contributed by atoms with E-state index in [4.69, 9.17) is 4.74 Å². The Kier molecular flexibility index (Phi) is 8.13. The van der Waals surface area contributed by atoms with Crippen molar-refractivity contribution < 1.29 is 27.5 Å². The predicted molar refractivity (Wildman–Crippen MR) is 87.6 cm³/mol. The third kappa shape index (κ3) is 7.38. The van der Waals surface area contributed by atoms with E-state index in [0.29, 0.717) is 25.3 Å². The van der Waals surface area contributed by atoms with Crippen LogP contribution in [0.3, 0.4) is 0 Å². The minimum absolute atomic E-state index is 0.159. The summed E-state index contributed by atoms with van der Waals surface area (Å²) in [6.45, 7) is 3.00. The number of alkyl halides is 3. The zero-order chi connectivity index (χ0) is 18.9. The molecule has 0 saturated carbocycles. The third-order valence-electron chi connectivity index (χ3n) is 3.38. The van der Waals surface area contributed by atoms with Gasteiger partial charge in [0.2, 0.25) is 11.8 Å². The van der Waals surface area contributed by atoms with Crippen molar-refractivity contribution >= 4 is 17.9 Å². The Morgan fingerprint density at radius 2 is 1.88 bits per heavy atom. The van der Waals surface area contributed by atoms with Crippen LogP contribution in [0.15, 0.2) is 30.3 Å². The molecule has 138 valence electrons. The van der Waals surface area contributed by atoms with E-state index in [0.717, 1.165) is 12.1 Å². The average Bonchev–Trinajstić information content (AvgIpc) is 2.58. The summed E-state index contributed by atoms with van der Waals surface area (Å²) in [5.74, 6) is -0.744. The molecule has 1 N–H and O–H groups in total. The minimum atomic E-state index is -4.39. The number of nitrogens with one attached hydrogen (secondary N) is 1. The molecule has 0 radical (unpaired) electrons. The van der Waals surface area contributed by atoms with Gasteiger partial charge in [-0.3, -0.25) is 9.59 Å². The normalized spacial score (nSPS) is 11.6. The van der Waals surface area contributed by atoms with Gasteiger partial charge in [0.1, 0.15) is 0 Å². The van der Waals surface area contributed by atoms with Crippen LogP contribution in [0, 0.1) is 0 Å². The number of methoxy groups -OCH3 is 1. The molecule has 0 unspecified atom stereocenters. The first-order valence-electron chi connectivity index (χ1n) is 7.67. The van der Waals surface area contributed by atoms with Crippen molar-refractivity contribution in [1.29, 1.82) is 0 Å². The quantitative estimate of drug-likeness (QED) is 0.726. The van der Waals surface area contributed by atoms with E-state index in [-0.39, 0.29) is 12.5 Å². The molecular weight excluding hydrogens is 337 g/mol. The Hall–Kier alpha value is -2.35. The van der Waals surface area contributed by atoms with E-state index in [1.54, 1.807) is 4.90 Å². The number of carbonyl (C=O) groups is 2. The molecular formula is C17H21F3N2O3. The van der Waals surface area contributed by atoms with Crippen molar-refractivity contribution in [3.8, 4) is 0 Å². The number of likely N-dealkylation sites (N-methyl/N-ethyl adjacent to an activating group) is 1. The van der Waals surface area contributed by atoms with Crippen LogP contribution in [-0.4, -0.2) is 50.1 Å². The maximum Gasteiger partial charge on any atom is 0.416 e. The van der Waals surface area contributed by atoms with Crippen LogP contribution < -0.4 is 5.32 Å². The molecule has 1 rings (SSSR count). The third-order valence-corrected chi connectivity index (χ3v) is 3.38. The Labute approximate surface area is 144 Å². The molecule has 5 nitrogen and oxygen atoms in total. The first-order chi connectivity index (χ1) is 11.8. The summed E-state index contributed by atoms with van der Waals surface area (Å²) in [4.78, 5) is 25.2. The van der Waals surface area contributed by atoms with Crippen molar-refractivity contribution in [3.05, 3.63) is 41.5 Å². The number of carbonyl (C=O) groups excluding carboxylic acids is 2. The minimum Gasteiger partial charge on any atom is -0.383 e. The fraction of sp³-hybridized carbons (Fsp3) is 0.412. The largest absolute Gasteiger partial charge is 0.416 e. The van der Waals surface area contributed by atoms with Crippen molar-refractivity contribution in [2.75, 3.05) is 33.4 Å². The van der Waals surface area contributed by atoms with Crippen LogP contribution in [0.5, 0.6) is 0 Å². The fourth-order valence-electron chi connectivity index (χ4n) is 1.95. The number of hydrogen-bond acceptors (Lipinski definition) is 3. The van der Waals surface area contributed by atoms with Gasteiger partial charge < -0.3 is 15.0 Å². The Balaban J connectivity index is 2.50. The van der Waals surface area contributed by atoms with Crippen LogP contribution >= 0.6 is 0 Å². The molecule has 1 aromatic rings. The van der Waals surface area contributed by atoms with Crippen LogP contribution in [0.2, 0.25) is 0 Å². The van der Waals surface area contributed by atoms with Gasteiger partial charge in [-0.2, -0.15) is 13.2 Å². The lowest BCUT2D eigenvalue weighted by molar-refractivity contribution is -0.137. The number of ether oxygens (including phenoxy) is 1. The monoisotopic (exact) mass is 358 g/mol.